The summed E-state index contributed by atoms with van der Waals surface area (Å²) in [5, 5.41) is 0.0628. The largest absolute Gasteiger partial charge is 0.460 e. The molecule has 33 heavy (non-hydrogen) atoms. The first-order valence-electron chi connectivity index (χ1n) is 11.1. The molecule has 2 aliphatic rings. The van der Waals surface area contributed by atoms with E-state index in [1.54, 1.807) is 0 Å². The minimum Gasteiger partial charge on any atom is -0.460 e. The van der Waals surface area contributed by atoms with Gasteiger partial charge < -0.3 is 14.4 Å². The van der Waals surface area contributed by atoms with E-state index < -0.39 is 31.8 Å². The van der Waals surface area contributed by atoms with Gasteiger partial charge >= 0.3 is 12.4 Å². The Morgan fingerprint density at radius 1 is 1.12 bits per heavy atom. The Bertz CT molecular complexity index is 750. The lowest BCUT2D eigenvalue weighted by molar-refractivity contribution is -0.153. The summed E-state index contributed by atoms with van der Waals surface area (Å²) in [5.74, 6) is -0.382. The monoisotopic (exact) mass is 502 g/mol. The average molecular weight is 503 g/mol. The molecule has 3 rings (SSSR count). The van der Waals surface area contributed by atoms with Crippen LogP contribution in [0.2, 0.25) is 0 Å². The van der Waals surface area contributed by atoms with Crippen LogP contribution in [0, 0.1) is 5.92 Å². The molecule has 0 spiro atoms. The van der Waals surface area contributed by atoms with Crippen LogP contribution in [-0.4, -0.2) is 67.0 Å². The number of fused-ring (bicyclic) bond motifs is 1. The van der Waals surface area contributed by atoms with Gasteiger partial charge in [-0.15, -0.1) is 0 Å². The van der Waals surface area contributed by atoms with E-state index in [1.165, 1.54) is 11.3 Å². The number of carbonyl (C=O) groups excluding carboxylic acids is 1. The summed E-state index contributed by atoms with van der Waals surface area (Å²) < 4.78 is 84.2. The van der Waals surface area contributed by atoms with Gasteiger partial charge in [0.1, 0.15) is 5.78 Å². The van der Waals surface area contributed by atoms with Gasteiger partial charge in [-0.05, 0) is 31.6 Å². The van der Waals surface area contributed by atoms with E-state index in [2.05, 4.69) is 9.88 Å². The van der Waals surface area contributed by atoms with Gasteiger partial charge in [0.05, 0.1) is 24.8 Å². The second kappa shape index (κ2) is 11.4. The highest BCUT2D eigenvalue weighted by Gasteiger charge is 2.31. The molecule has 0 bridgehead atoms. The van der Waals surface area contributed by atoms with Crippen molar-refractivity contribution in [2.45, 2.75) is 69.8 Å². The average Bonchev–Trinajstić information content (AvgIpc) is 3.03. The molecule has 0 radical (unpaired) electrons. The van der Waals surface area contributed by atoms with Gasteiger partial charge in [-0.2, -0.15) is 26.3 Å². The van der Waals surface area contributed by atoms with Crippen LogP contribution >= 0.6 is 11.3 Å². The Balaban J connectivity index is 1.33. The molecule has 2 aliphatic heterocycles. The number of Topliss-reactive ketones (excluding diaryl/α,β-unsaturated/α-hetero) is 1. The summed E-state index contributed by atoms with van der Waals surface area (Å²) >= 11 is 1.17. The van der Waals surface area contributed by atoms with Crippen molar-refractivity contribution in [1.29, 1.82) is 0 Å². The number of halogens is 6. The molecule has 188 valence electrons. The number of rotatable bonds is 9. The maximum Gasteiger partial charge on any atom is 0.422 e. The van der Waals surface area contributed by atoms with Crippen molar-refractivity contribution in [2.75, 3.05) is 32.8 Å². The highest BCUT2D eigenvalue weighted by Crippen LogP contribution is 2.30. The second-order valence-corrected chi connectivity index (χ2v) is 9.69. The second-order valence-electron chi connectivity index (χ2n) is 8.64. The van der Waals surface area contributed by atoms with Crippen molar-refractivity contribution in [3.05, 3.63) is 10.6 Å². The Hall–Kier alpha value is -1.40. The number of aromatic nitrogens is 1. The van der Waals surface area contributed by atoms with Crippen molar-refractivity contribution >= 4 is 17.1 Å². The summed E-state index contributed by atoms with van der Waals surface area (Å²) in [6.45, 7) is 1.39. The molecular weight excluding hydrogens is 474 g/mol. The fourth-order valence-electron chi connectivity index (χ4n) is 4.10. The SMILES string of the molecule is O=C(CCC(F)(F)F)C[C@H]1CC[C@H](CCN2CCc3nc(OCC(F)(F)F)sc3CC2)OC1. The quantitative estimate of drug-likeness (QED) is 0.447. The summed E-state index contributed by atoms with van der Waals surface area (Å²) in [5.41, 5.74) is 0.798. The lowest BCUT2D eigenvalue weighted by Gasteiger charge is -2.30. The van der Waals surface area contributed by atoms with Crippen molar-refractivity contribution < 1.29 is 40.6 Å². The number of ether oxygens (including phenoxy) is 2. The van der Waals surface area contributed by atoms with Crippen LogP contribution in [0.4, 0.5) is 26.3 Å². The maximum absolute atomic E-state index is 12.3. The number of hydrogen-bond donors (Lipinski definition) is 0. The van der Waals surface area contributed by atoms with Crippen molar-refractivity contribution in [3.8, 4) is 5.19 Å². The normalized spacial score (nSPS) is 22.6. The number of nitrogens with zero attached hydrogens (tertiary/aromatic N) is 2. The Morgan fingerprint density at radius 3 is 2.55 bits per heavy atom. The van der Waals surface area contributed by atoms with Gasteiger partial charge in [-0.25, -0.2) is 4.98 Å². The van der Waals surface area contributed by atoms with Crippen LogP contribution in [0.25, 0.3) is 0 Å². The van der Waals surface area contributed by atoms with Crippen LogP contribution < -0.4 is 4.74 Å². The fourth-order valence-corrected chi connectivity index (χ4v) is 5.04. The maximum atomic E-state index is 12.3. The third-order valence-electron chi connectivity index (χ3n) is 5.87. The Kier molecular flexibility index (Phi) is 9.02. The first kappa shape index (κ1) is 26.2. The van der Waals surface area contributed by atoms with E-state index in [4.69, 9.17) is 9.47 Å². The lowest BCUT2D eigenvalue weighted by atomic mass is 9.91. The lowest BCUT2D eigenvalue weighted by Crippen LogP contribution is -2.33. The molecule has 1 fully saturated rings. The molecule has 0 N–H and O–H groups in total. The Morgan fingerprint density at radius 2 is 1.88 bits per heavy atom. The number of thiazole rings is 1. The van der Waals surface area contributed by atoms with Gasteiger partial charge in [-0.1, -0.05) is 11.3 Å². The van der Waals surface area contributed by atoms with Gasteiger partial charge in [0.2, 0.25) is 0 Å². The number of carbonyl (C=O) groups is 1. The summed E-state index contributed by atoms with van der Waals surface area (Å²) in [7, 11) is 0. The smallest absolute Gasteiger partial charge is 0.422 e. The van der Waals surface area contributed by atoms with Crippen LogP contribution in [0.15, 0.2) is 0 Å². The summed E-state index contributed by atoms with van der Waals surface area (Å²) in [4.78, 5) is 19.2. The van der Waals surface area contributed by atoms with E-state index in [0.717, 1.165) is 49.5 Å². The zero-order valence-corrected chi connectivity index (χ0v) is 19.0. The third-order valence-corrected chi connectivity index (χ3v) is 6.94. The summed E-state index contributed by atoms with van der Waals surface area (Å²) in [6, 6.07) is 0. The Labute approximate surface area is 192 Å². The van der Waals surface area contributed by atoms with Crippen molar-refractivity contribution in [2.24, 2.45) is 5.92 Å². The van der Waals surface area contributed by atoms with Gasteiger partial charge in [-0.3, -0.25) is 4.79 Å². The van der Waals surface area contributed by atoms with Crippen molar-refractivity contribution in [3.63, 3.8) is 0 Å². The van der Waals surface area contributed by atoms with E-state index in [0.29, 0.717) is 19.4 Å². The standard InChI is InChI=1S/C21H28F6N2O3S/c22-20(23,24)7-3-15(30)11-14-1-2-16(31-12-14)4-8-29-9-5-17-18(6-10-29)33-19(28-17)32-13-21(25,26)27/h14,16H,1-13H2/t14-,16-/m1/s1. The minimum atomic E-state index is -4.39. The predicted octanol–water partition coefficient (Wildman–Crippen LogP) is 4.97. The molecule has 0 unspecified atom stereocenters. The number of hydrogen-bond acceptors (Lipinski definition) is 6. The van der Waals surface area contributed by atoms with E-state index in [1.807, 2.05) is 0 Å². The molecule has 0 saturated carbocycles. The predicted molar refractivity (Wildman–Crippen MR) is 110 cm³/mol. The molecule has 1 aromatic heterocycles. The first-order valence-corrected chi connectivity index (χ1v) is 11.9. The topological polar surface area (TPSA) is 51.7 Å². The fraction of sp³-hybridized carbons (Fsp3) is 0.810. The van der Waals surface area contributed by atoms with Crippen LogP contribution in [0.5, 0.6) is 5.19 Å². The minimum absolute atomic E-state index is 0.0176. The molecule has 5 nitrogen and oxygen atoms in total. The third kappa shape index (κ3) is 9.40. The number of alkyl halides is 6. The summed E-state index contributed by atoms with van der Waals surface area (Å²) in [6.07, 6.45) is -6.31. The van der Waals surface area contributed by atoms with Gasteiger partial charge in [0.15, 0.2) is 6.61 Å². The highest BCUT2D eigenvalue weighted by atomic mass is 32.1. The molecule has 12 heteroatoms. The number of ketones is 1. The van der Waals surface area contributed by atoms with E-state index >= 15 is 0 Å². The molecule has 0 aromatic carbocycles. The molecule has 2 atom stereocenters. The molecule has 1 saturated heterocycles. The van der Waals surface area contributed by atoms with Gasteiger partial charge in [0.25, 0.3) is 5.19 Å². The zero-order chi connectivity index (χ0) is 24.1. The highest BCUT2D eigenvalue weighted by molar-refractivity contribution is 7.13. The van der Waals surface area contributed by atoms with Crippen LogP contribution in [-0.2, 0) is 22.4 Å². The van der Waals surface area contributed by atoms with E-state index in [-0.39, 0.29) is 29.4 Å². The first-order chi connectivity index (χ1) is 15.5. The molecule has 0 aliphatic carbocycles. The van der Waals surface area contributed by atoms with Crippen LogP contribution in [0.3, 0.4) is 0 Å². The molecule has 1 aromatic rings. The van der Waals surface area contributed by atoms with Gasteiger partial charge in [0, 0.05) is 43.8 Å². The zero-order valence-electron chi connectivity index (χ0n) is 18.1. The van der Waals surface area contributed by atoms with Crippen molar-refractivity contribution in [1.82, 2.24) is 9.88 Å². The van der Waals surface area contributed by atoms with E-state index in [9.17, 15) is 31.1 Å². The molecule has 0 amide bonds. The molecular formula is C21H28F6N2O3S. The molecule has 3 heterocycles. The van der Waals surface area contributed by atoms with Crippen LogP contribution in [0.1, 0.15) is 49.1 Å².